The van der Waals surface area contributed by atoms with Crippen LogP contribution in [0.15, 0.2) is 12.1 Å². The Labute approximate surface area is 165 Å². The average Bonchev–Trinajstić information content (AvgIpc) is 3.60. The maximum absolute atomic E-state index is 12.9. The molecule has 0 bridgehead atoms. The number of nitrogens with zero attached hydrogens (tertiary/aromatic N) is 1. The first-order valence-corrected chi connectivity index (χ1v) is 10.4. The number of nitrogens with two attached hydrogens (primary N) is 1. The number of amides is 2. The van der Waals surface area contributed by atoms with Crippen LogP contribution < -0.4 is 15.8 Å². The van der Waals surface area contributed by atoms with Gasteiger partial charge in [-0.3, -0.25) is 9.59 Å². The van der Waals surface area contributed by atoms with Gasteiger partial charge in [-0.1, -0.05) is 6.07 Å². The lowest BCUT2D eigenvalue weighted by Crippen LogP contribution is -2.44. The van der Waals surface area contributed by atoms with Crippen molar-refractivity contribution in [3.05, 3.63) is 23.4 Å². The van der Waals surface area contributed by atoms with Gasteiger partial charge in [0.1, 0.15) is 5.69 Å². The van der Waals surface area contributed by atoms with E-state index in [9.17, 15) is 9.59 Å². The molecule has 1 aromatic heterocycles. The maximum atomic E-state index is 12.9. The molecule has 1 aromatic rings. The number of hydrogen-bond acceptors (Lipinski definition) is 5. The monoisotopic (exact) mass is 387 g/mol. The zero-order valence-corrected chi connectivity index (χ0v) is 16.2. The third-order valence-corrected chi connectivity index (χ3v) is 5.86. The molecule has 0 aromatic carbocycles. The van der Waals surface area contributed by atoms with Crippen LogP contribution in [-0.2, 0) is 9.53 Å². The smallest absolute Gasteiger partial charge is 0.270 e. The summed E-state index contributed by atoms with van der Waals surface area (Å²) in [6.45, 7) is 1.96. The summed E-state index contributed by atoms with van der Waals surface area (Å²) in [5.41, 5.74) is 6.85. The lowest BCUT2D eigenvalue weighted by Gasteiger charge is -2.30. The van der Waals surface area contributed by atoms with E-state index in [1.807, 2.05) is 6.07 Å². The van der Waals surface area contributed by atoms with Gasteiger partial charge in [-0.05, 0) is 62.3 Å². The highest BCUT2D eigenvalue weighted by molar-refractivity contribution is 5.93. The average molecular weight is 387 g/mol. The van der Waals surface area contributed by atoms with E-state index in [0.717, 1.165) is 31.2 Å². The van der Waals surface area contributed by atoms with Crippen molar-refractivity contribution in [1.29, 1.82) is 0 Å². The minimum atomic E-state index is -0.415. The van der Waals surface area contributed by atoms with E-state index in [1.54, 1.807) is 6.07 Å². The number of carbonyl (C=O) groups is 2. The van der Waals surface area contributed by atoms with Crippen LogP contribution in [0.25, 0.3) is 0 Å². The highest BCUT2D eigenvalue weighted by Crippen LogP contribution is 2.44. The minimum Gasteiger partial charge on any atom is -0.477 e. The van der Waals surface area contributed by atoms with Crippen molar-refractivity contribution < 1.29 is 19.1 Å². The molecule has 28 heavy (non-hydrogen) atoms. The van der Waals surface area contributed by atoms with Crippen LogP contribution >= 0.6 is 0 Å². The zero-order chi connectivity index (χ0) is 19.5. The van der Waals surface area contributed by atoms with Gasteiger partial charge in [-0.25, -0.2) is 4.98 Å². The van der Waals surface area contributed by atoms with Crippen molar-refractivity contribution in [3.63, 3.8) is 0 Å². The number of aromatic nitrogens is 1. The van der Waals surface area contributed by atoms with E-state index >= 15 is 0 Å². The summed E-state index contributed by atoms with van der Waals surface area (Å²) in [5, 5.41) is 2.99. The van der Waals surface area contributed by atoms with Gasteiger partial charge in [0, 0.05) is 31.2 Å². The Balaban J connectivity index is 1.46. The third-order valence-electron chi connectivity index (χ3n) is 5.86. The van der Waals surface area contributed by atoms with E-state index in [1.165, 1.54) is 12.8 Å². The fourth-order valence-electron chi connectivity index (χ4n) is 3.79. The molecule has 2 amide bonds. The lowest BCUT2D eigenvalue weighted by molar-refractivity contribution is -0.118. The number of rotatable bonds is 9. The molecule has 1 aliphatic heterocycles. The van der Waals surface area contributed by atoms with Crippen LogP contribution in [0.5, 0.6) is 5.88 Å². The van der Waals surface area contributed by atoms with Crippen molar-refractivity contribution in [3.8, 4) is 5.88 Å². The summed E-state index contributed by atoms with van der Waals surface area (Å²) in [6.07, 6.45) is 6.46. The first-order valence-electron chi connectivity index (χ1n) is 10.4. The molecule has 7 nitrogen and oxygen atoms in total. The van der Waals surface area contributed by atoms with E-state index < -0.39 is 5.91 Å². The molecule has 4 rings (SSSR count). The zero-order valence-electron chi connectivity index (χ0n) is 16.2. The highest BCUT2D eigenvalue weighted by atomic mass is 16.5. The molecule has 0 radical (unpaired) electrons. The number of ether oxygens (including phenoxy) is 2. The van der Waals surface area contributed by atoms with Crippen LogP contribution in [0.3, 0.4) is 0 Å². The Hall–Kier alpha value is -2.15. The Morgan fingerprint density at radius 2 is 1.93 bits per heavy atom. The molecular weight excluding hydrogens is 358 g/mol. The number of hydrogen-bond donors (Lipinski definition) is 2. The molecule has 1 saturated heterocycles. The predicted molar refractivity (Wildman–Crippen MR) is 103 cm³/mol. The molecule has 3 N–H and O–H groups in total. The summed E-state index contributed by atoms with van der Waals surface area (Å²) in [4.78, 5) is 28.9. The fourth-order valence-corrected chi connectivity index (χ4v) is 3.79. The second kappa shape index (κ2) is 8.47. The van der Waals surface area contributed by atoms with Gasteiger partial charge in [-0.15, -0.1) is 0 Å². The first-order chi connectivity index (χ1) is 13.6. The SMILES string of the molecule is NC(=O)CC(NC(=O)c1ccc(C2CC2)c(OCC2CC2)n1)C1CCOCC1. The normalized spacial score (nSPS) is 21.1. The Kier molecular flexibility index (Phi) is 5.80. The van der Waals surface area contributed by atoms with Gasteiger partial charge in [0.2, 0.25) is 11.8 Å². The van der Waals surface area contributed by atoms with Gasteiger partial charge in [-0.2, -0.15) is 0 Å². The molecule has 152 valence electrons. The maximum Gasteiger partial charge on any atom is 0.270 e. The van der Waals surface area contributed by atoms with Gasteiger partial charge < -0.3 is 20.5 Å². The lowest BCUT2D eigenvalue weighted by atomic mass is 9.89. The molecule has 2 heterocycles. The standard InChI is InChI=1S/C21H29N3O4/c22-19(25)11-18(15-7-9-27-10-8-15)23-20(26)17-6-5-16(14-3-4-14)21(24-17)28-12-13-1-2-13/h5-6,13-15,18H,1-4,7-12H2,(H2,22,25)(H,23,26). The van der Waals surface area contributed by atoms with Crippen molar-refractivity contribution in [2.75, 3.05) is 19.8 Å². The van der Waals surface area contributed by atoms with Gasteiger partial charge in [0.05, 0.1) is 6.61 Å². The quantitative estimate of drug-likeness (QED) is 0.676. The van der Waals surface area contributed by atoms with Crippen LogP contribution in [-0.4, -0.2) is 42.7 Å². The second-order valence-corrected chi connectivity index (χ2v) is 8.32. The van der Waals surface area contributed by atoms with Crippen LogP contribution in [0.2, 0.25) is 0 Å². The third kappa shape index (κ3) is 5.01. The Morgan fingerprint density at radius 1 is 1.18 bits per heavy atom. The molecule has 1 unspecified atom stereocenters. The fraction of sp³-hybridized carbons (Fsp3) is 0.667. The molecule has 7 heteroatoms. The van der Waals surface area contributed by atoms with Crippen LogP contribution in [0.4, 0.5) is 0 Å². The van der Waals surface area contributed by atoms with Gasteiger partial charge >= 0.3 is 0 Å². The second-order valence-electron chi connectivity index (χ2n) is 8.32. The van der Waals surface area contributed by atoms with Crippen LogP contribution in [0.1, 0.15) is 66.9 Å². The largest absolute Gasteiger partial charge is 0.477 e. The topological polar surface area (TPSA) is 104 Å². The summed E-state index contributed by atoms with van der Waals surface area (Å²) in [5.74, 6) is 1.21. The van der Waals surface area contributed by atoms with Crippen molar-refractivity contribution >= 4 is 11.8 Å². The van der Waals surface area contributed by atoms with Gasteiger partial charge in [0.15, 0.2) is 0 Å². The Bertz CT molecular complexity index is 724. The molecule has 2 saturated carbocycles. The van der Waals surface area contributed by atoms with Crippen molar-refractivity contribution in [2.24, 2.45) is 17.6 Å². The molecular formula is C21H29N3O4. The molecule has 2 aliphatic carbocycles. The first kappa shape index (κ1) is 19.2. The summed E-state index contributed by atoms with van der Waals surface area (Å²) in [7, 11) is 0. The summed E-state index contributed by atoms with van der Waals surface area (Å²) in [6, 6.07) is 3.44. The Morgan fingerprint density at radius 3 is 2.57 bits per heavy atom. The number of pyridine rings is 1. The van der Waals surface area contributed by atoms with Crippen molar-refractivity contribution in [1.82, 2.24) is 10.3 Å². The minimum absolute atomic E-state index is 0.127. The predicted octanol–water partition coefficient (Wildman–Crippen LogP) is 2.15. The highest BCUT2D eigenvalue weighted by Gasteiger charge is 2.31. The number of primary amides is 1. The molecule has 1 atom stereocenters. The van der Waals surface area contributed by atoms with Crippen LogP contribution in [0, 0.1) is 11.8 Å². The van der Waals surface area contributed by atoms with E-state index in [-0.39, 0.29) is 24.3 Å². The molecule has 3 fully saturated rings. The van der Waals surface area contributed by atoms with E-state index in [4.69, 9.17) is 15.2 Å². The van der Waals surface area contributed by atoms with Crippen molar-refractivity contribution in [2.45, 2.75) is 56.9 Å². The van der Waals surface area contributed by atoms with E-state index in [0.29, 0.717) is 43.2 Å². The van der Waals surface area contributed by atoms with Gasteiger partial charge in [0.25, 0.3) is 5.91 Å². The number of carbonyl (C=O) groups excluding carboxylic acids is 2. The summed E-state index contributed by atoms with van der Waals surface area (Å²) < 4.78 is 11.4. The molecule has 3 aliphatic rings. The number of nitrogens with one attached hydrogen (secondary N) is 1. The van der Waals surface area contributed by atoms with E-state index in [2.05, 4.69) is 10.3 Å². The molecule has 0 spiro atoms. The summed E-state index contributed by atoms with van der Waals surface area (Å²) >= 11 is 0.